The van der Waals surface area contributed by atoms with E-state index in [1.165, 1.54) is 0 Å². The van der Waals surface area contributed by atoms with Crippen LogP contribution in [-0.4, -0.2) is 26.1 Å². The van der Waals surface area contributed by atoms with Crippen molar-refractivity contribution in [1.82, 2.24) is 15.1 Å². The van der Waals surface area contributed by atoms with Crippen molar-refractivity contribution in [3.63, 3.8) is 0 Å². The molecule has 1 amide bonds. The standard InChI is InChI=1S/C16H20N4O3/c1-8-11-10(23-20-8)7-5-6-9-12(11)17-15(18-13(9)21)19-14(22)16(2,3)4/h5-7H2,1-4H3,(H2,17,18,19,21,22). The van der Waals surface area contributed by atoms with Crippen LogP contribution in [0.5, 0.6) is 5.88 Å². The number of hydrogen-bond acceptors (Lipinski definition) is 6. The molecule has 1 aliphatic carbocycles. The quantitative estimate of drug-likeness (QED) is 0.838. The zero-order chi connectivity index (χ0) is 16.8. The Bertz CT molecular complexity index is 774. The van der Waals surface area contributed by atoms with Crippen LogP contribution >= 0.6 is 0 Å². The number of fused-ring (bicyclic) bond motifs is 3. The van der Waals surface area contributed by atoms with Crippen molar-refractivity contribution in [2.24, 2.45) is 5.41 Å². The topological polar surface area (TPSA) is 101 Å². The second-order valence-corrected chi connectivity index (χ2v) is 6.82. The Morgan fingerprint density at radius 2 is 2.00 bits per heavy atom. The van der Waals surface area contributed by atoms with Crippen LogP contribution in [0.3, 0.4) is 0 Å². The minimum Gasteiger partial charge on any atom is -0.493 e. The minimum absolute atomic E-state index is 0.0922. The summed E-state index contributed by atoms with van der Waals surface area (Å²) < 4.78 is 5.36. The Kier molecular flexibility index (Phi) is 3.58. The first kappa shape index (κ1) is 15.5. The molecular weight excluding hydrogens is 296 g/mol. The van der Waals surface area contributed by atoms with Crippen LogP contribution in [0.1, 0.15) is 44.2 Å². The van der Waals surface area contributed by atoms with Crippen LogP contribution in [0.4, 0.5) is 5.95 Å². The number of carbonyl (C=O) groups is 1. The number of anilines is 1. The molecule has 0 aliphatic heterocycles. The molecule has 7 nitrogen and oxygen atoms in total. The van der Waals surface area contributed by atoms with Gasteiger partial charge in [0.2, 0.25) is 17.7 Å². The lowest BCUT2D eigenvalue weighted by molar-refractivity contribution is -0.123. The Labute approximate surface area is 134 Å². The van der Waals surface area contributed by atoms with E-state index in [1.54, 1.807) is 20.8 Å². The van der Waals surface area contributed by atoms with Gasteiger partial charge in [-0.25, -0.2) is 4.98 Å². The molecule has 23 heavy (non-hydrogen) atoms. The second-order valence-electron chi connectivity index (χ2n) is 6.82. The molecule has 0 atom stereocenters. The highest BCUT2D eigenvalue weighted by atomic mass is 16.5. The van der Waals surface area contributed by atoms with E-state index in [2.05, 4.69) is 20.4 Å². The van der Waals surface area contributed by atoms with Gasteiger partial charge < -0.3 is 9.63 Å². The molecule has 122 valence electrons. The lowest BCUT2D eigenvalue weighted by Crippen LogP contribution is -2.28. The van der Waals surface area contributed by atoms with Crippen molar-refractivity contribution in [2.75, 3.05) is 5.32 Å². The molecule has 1 aliphatic rings. The summed E-state index contributed by atoms with van der Waals surface area (Å²) in [4.78, 5) is 20.6. The number of aryl methyl sites for hydroxylation is 2. The third-order valence-electron chi connectivity index (χ3n) is 3.89. The van der Waals surface area contributed by atoms with Crippen LogP contribution < -0.4 is 5.32 Å². The fourth-order valence-electron chi connectivity index (χ4n) is 2.57. The third kappa shape index (κ3) is 2.78. The molecule has 0 aromatic carbocycles. The largest absolute Gasteiger partial charge is 0.493 e. The number of carbonyl (C=O) groups excluding carboxylic acids is 1. The van der Waals surface area contributed by atoms with Crippen LogP contribution in [0.25, 0.3) is 11.3 Å². The molecular formula is C16H20N4O3. The normalized spacial score (nSPS) is 13.9. The van der Waals surface area contributed by atoms with E-state index < -0.39 is 5.41 Å². The first-order chi connectivity index (χ1) is 10.8. The summed E-state index contributed by atoms with van der Waals surface area (Å²) in [7, 11) is 0. The molecule has 0 unspecified atom stereocenters. The summed E-state index contributed by atoms with van der Waals surface area (Å²) in [6.07, 6.45) is 2.20. The second kappa shape index (κ2) is 5.33. The van der Waals surface area contributed by atoms with Gasteiger partial charge in [0, 0.05) is 17.4 Å². The van der Waals surface area contributed by atoms with Gasteiger partial charge in [-0.05, 0) is 19.8 Å². The van der Waals surface area contributed by atoms with Gasteiger partial charge in [0.1, 0.15) is 5.76 Å². The van der Waals surface area contributed by atoms with Gasteiger partial charge in [0.15, 0.2) is 0 Å². The third-order valence-corrected chi connectivity index (χ3v) is 3.89. The van der Waals surface area contributed by atoms with E-state index in [-0.39, 0.29) is 17.7 Å². The number of aromatic nitrogens is 3. The highest BCUT2D eigenvalue weighted by Gasteiger charge is 2.27. The van der Waals surface area contributed by atoms with Crippen LogP contribution in [0, 0.1) is 12.3 Å². The van der Waals surface area contributed by atoms with Crippen molar-refractivity contribution in [3.8, 4) is 17.1 Å². The van der Waals surface area contributed by atoms with Crippen LogP contribution in [0.2, 0.25) is 0 Å². The van der Waals surface area contributed by atoms with Gasteiger partial charge in [-0.15, -0.1) is 0 Å². The van der Waals surface area contributed by atoms with Crippen molar-refractivity contribution >= 4 is 11.9 Å². The molecule has 2 heterocycles. The first-order valence-corrected chi connectivity index (χ1v) is 7.64. The minimum atomic E-state index is -0.579. The summed E-state index contributed by atoms with van der Waals surface area (Å²) in [5, 5.41) is 16.9. The van der Waals surface area contributed by atoms with Gasteiger partial charge in [-0.1, -0.05) is 25.9 Å². The van der Waals surface area contributed by atoms with E-state index >= 15 is 0 Å². The number of aromatic hydroxyl groups is 1. The SMILES string of the molecule is Cc1noc2c1-c1nc(NC(=O)C(C)(C)C)nc(O)c1CCC2. The maximum absolute atomic E-state index is 12.1. The summed E-state index contributed by atoms with van der Waals surface area (Å²) in [5.74, 6) is 0.530. The zero-order valence-corrected chi connectivity index (χ0v) is 13.7. The van der Waals surface area contributed by atoms with Crippen LogP contribution in [-0.2, 0) is 17.6 Å². The van der Waals surface area contributed by atoms with Gasteiger partial charge in [-0.3, -0.25) is 10.1 Å². The van der Waals surface area contributed by atoms with Crippen molar-refractivity contribution in [1.29, 1.82) is 0 Å². The predicted molar refractivity (Wildman–Crippen MR) is 84.0 cm³/mol. The maximum atomic E-state index is 12.1. The monoisotopic (exact) mass is 316 g/mol. The summed E-state index contributed by atoms with van der Waals surface area (Å²) >= 11 is 0. The number of amides is 1. The molecule has 0 saturated carbocycles. The molecule has 0 bridgehead atoms. The summed E-state index contributed by atoms with van der Waals surface area (Å²) in [5.41, 5.74) is 2.19. The predicted octanol–water partition coefficient (Wildman–Crippen LogP) is 2.62. The summed E-state index contributed by atoms with van der Waals surface area (Å²) in [6, 6.07) is 0. The van der Waals surface area contributed by atoms with Gasteiger partial charge in [-0.2, -0.15) is 4.98 Å². The highest BCUT2D eigenvalue weighted by Crippen LogP contribution is 2.37. The van der Waals surface area contributed by atoms with Gasteiger partial charge >= 0.3 is 0 Å². The maximum Gasteiger partial charge on any atom is 0.233 e. The molecule has 7 heteroatoms. The Morgan fingerprint density at radius 1 is 1.26 bits per heavy atom. The van der Waals surface area contributed by atoms with Crippen molar-refractivity contribution in [2.45, 2.75) is 47.0 Å². The molecule has 3 rings (SSSR count). The Hall–Kier alpha value is -2.44. The molecule has 2 aromatic heterocycles. The van der Waals surface area contributed by atoms with E-state index in [9.17, 15) is 9.90 Å². The zero-order valence-electron chi connectivity index (χ0n) is 13.7. The van der Waals surface area contributed by atoms with E-state index in [1.807, 2.05) is 6.92 Å². The molecule has 2 aromatic rings. The van der Waals surface area contributed by atoms with Crippen molar-refractivity contribution < 1.29 is 14.4 Å². The highest BCUT2D eigenvalue weighted by molar-refractivity contribution is 5.93. The van der Waals surface area contributed by atoms with Gasteiger partial charge in [0.25, 0.3) is 0 Å². The van der Waals surface area contributed by atoms with E-state index in [4.69, 9.17) is 4.52 Å². The van der Waals surface area contributed by atoms with E-state index in [0.29, 0.717) is 23.4 Å². The fraction of sp³-hybridized carbons (Fsp3) is 0.500. The smallest absolute Gasteiger partial charge is 0.233 e. The molecule has 2 N–H and O–H groups in total. The molecule has 0 saturated heterocycles. The Morgan fingerprint density at radius 3 is 2.70 bits per heavy atom. The number of rotatable bonds is 1. The lowest BCUT2D eigenvalue weighted by Gasteiger charge is -2.17. The average Bonchev–Trinajstić information content (AvgIpc) is 2.70. The number of nitrogens with one attached hydrogen (secondary N) is 1. The average molecular weight is 316 g/mol. The first-order valence-electron chi connectivity index (χ1n) is 7.64. The number of hydrogen-bond donors (Lipinski definition) is 2. The van der Waals surface area contributed by atoms with Gasteiger partial charge in [0.05, 0.1) is 17.0 Å². The number of nitrogens with zero attached hydrogens (tertiary/aromatic N) is 3. The van der Waals surface area contributed by atoms with E-state index in [0.717, 1.165) is 24.2 Å². The Balaban J connectivity index is 2.09. The molecule has 0 radical (unpaired) electrons. The van der Waals surface area contributed by atoms with Crippen LogP contribution in [0.15, 0.2) is 4.52 Å². The fourth-order valence-corrected chi connectivity index (χ4v) is 2.57. The van der Waals surface area contributed by atoms with Crippen molar-refractivity contribution in [3.05, 3.63) is 17.0 Å². The molecule has 0 spiro atoms. The summed E-state index contributed by atoms with van der Waals surface area (Å²) in [6.45, 7) is 7.24. The lowest BCUT2D eigenvalue weighted by atomic mass is 9.96. The molecule has 0 fully saturated rings.